The van der Waals surface area contributed by atoms with Gasteiger partial charge in [-0.15, -0.1) is 10.2 Å². The molecule has 0 spiro atoms. The number of aromatic hydroxyl groups is 1. The zero-order valence-electron chi connectivity index (χ0n) is 13.7. The molecule has 1 saturated heterocycles. The Morgan fingerprint density at radius 2 is 2.04 bits per heavy atom. The van der Waals surface area contributed by atoms with Gasteiger partial charge in [0.15, 0.2) is 5.82 Å². The molecule has 128 valence electrons. The molecule has 5 nitrogen and oxygen atoms in total. The summed E-state index contributed by atoms with van der Waals surface area (Å²) in [5, 5.41) is 19.4. The highest BCUT2D eigenvalue weighted by Gasteiger charge is 2.24. The zero-order valence-corrected chi connectivity index (χ0v) is 15.2. The lowest BCUT2D eigenvalue weighted by atomic mass is 10.1. The summed E-state index contributed by atoms with van der Waals surface area (Å²) in [6.07, 6.45) is 1.16. The Hall–Kier alpha value is -1.56. The number of anilines is 1. The molecule has 1 aliphatic rings. The van der Waals surface area contributed by atoms with Gasteiger partial charge in [-0.3, -0.25) is 0 Å². The lowest BCUT2D eigenvalue weighted by molar-refractivity contribution is 0.340. The standard InChI is InChI=1S/C17H20Cl2N4O/c1-22(2)9-11-5-6-23(10-11)16-4-3-14(20-21-16)17-13(19)7-12(18)8-15(17)24/h3-4,7-8,11,24H,5-6,9-10H2,1-2H3/t11-/m0/s1. The SMILES string of the molecule is CN(C)C[C@@H]1CCN(c2ccc(-c3c(O)cc(Cl)cc3Cl)nn2)C1. The predicted molar refractivity (Wildman–Crippen MR) is 98.0 cm³/mol. The second-order valence-corrected chi connectivity index (χ2v) is 7.27. The molecule has 0 radical (unpaired) electrons. The maximum absolute atomic E-state index is 10.1. The summed E-state index contributed by atoms with van der Waals surface area (Å²) in [6, 6.07) is 6.78. The highest BCUT2D eigenvalue weighted by atomic mass is 35.5. The van der Waals surface area contributed by atoms with E-state index in [1.54, 1.807) is 6.07 Å². The Morgan fingerprint density at radius 1 is 1.25 bits per heavy atom. The van der Waals surface area contributed by atoms with Gasteiger partial charge in [-0.1, -0.05) is 23.2 Å². The van der Waals surface area contributed by atoms with Crippen molar-refractivity contribution in [3.05, 3.63) is 34.3 Å². The number of hydrogen-bond donors (Lipinski definition) is 1. The van der Waals surface area contributed by atoms with Crippen LogP contribution in [0.5, 0.6) is 5.75 Å². The van der Waals surface area contributed by atoms with Crippen molar-refractivity contribution in [3.63, 3.8) is 0 Å². The maximum Gasteiger partial charge on any atom is 0.151 e. The van der Waals surface area contributed by atoms with Gasteiger partial charge in [0, 0.05) is 24.7 Å². The zero-order chi connectivity index (χ0) is 17.3. The number of aromatic nitrogens is 2. The highest BCUT2D eigenvalue weighted by molar-refractivity contribution is 6.36. The van der Waals surface area contributed by atoms with Crippen molar-refractivity contribution in [3.8, 4) is 17.0 Å². The van der Waals surface area contributed by atoms with Crippen molar-refractivity contribution in [1.29, 1.82) is 0 Å². The Bertz CT molecular complexity index is 698. The van der Waals surface area contributed by atoms with E-state index in [0.717, 1.165) is 31.9 Å². The molecular formula is C17H20Cl2N4O. The van der Waals surface area contributed by atoms with Crippen LogP contribution in [0.15, 0.2) is 24.3 Å². The number of phenolic OH excluding ortho intramolecular Hbond substituents is 1. The molecule has 1 fully saturated rings. The highest BCUT2D eigenvalue weighted by Crippen LogP contribution is 2.37. The van der Waals surface area contributed by atoms with Crippen molar-refractivity contribution < 1.29 is 5.11 Å². The Kier molecular flexibility index (Phi) is 5.13. The van der Waals surface area contributed by atoms with Gasteiger partial charge in [-0.25, -0.2) is 0 Å². The predicted octanol–water partition coefficient (Wildman–Crippen LogP) is 3.54. The number of phenols is 1. The van der Waals surface area contributed by atoms with Crippen LogP contribution < -0.4 is 4.90 Å². The minimum atomic E-state index is 0.00164. The summed E-state index contributed by atoms with van der Waals surface area (Å²) in [7, 11) is 4.19. The van der Waals surface area contributed by atoms with Crippen LogP contribution >= 0.6 is 23.2 Å². The molecule has 1 N–H and O–H groups in total. The van der Waals surface area contributed by atoms with Crippen molar-refractivity contribution in [1.82, 2.24) is 15.1 Å². The second-order valence-electron chi connectivity index (χ2n) is 6.42. The third-order valence-electron chi connectivity index (χ3n) is 4.17. The molecule has 2 aromatic rings. The van der Waals surface area contributed by atoms with Crippen molar-refractivity contribution in [2.75, 3.05) is 38.6 Å². The molecule has 7 heteroatoms. The first-order valence-corrected chi connectivity index (χ1v) is 8.61. The molecule has 0 unspecified atom stereocenters. The van der Waals surface area contributed by atoms with Crippen LogP contribution in [0.1, 0.15) is 6.42 Å². The van der Waals surface area contributed by atoms with Gasteiger partial charge in [0.2, 0.25) is 0 Å². The van der Waals surface area contributed by atoms with Gasteiger partial charge >= 0.3 is 0 Å². The van der Waals surface area contributed by atoms with Gasteiger partial charge in [0.05, 0.1) is 16.3 Å². The molecule has 0 aliphatic carbocycles. The van der Waals surface area contributed by atoms with E-state index >= 15 is 0 Å². The molecule has 1 aliphatic heterocycles. The van der Waals surface area contributed by atoms with Crippen molar-refractivity contribution in [2.24, 2.45) is 5.92 Å². The largest absolute Gasteiger partial charge is 0.507 e. The van der Waals surface area contributed by atoms with E-state index in [2.05, 4.69) is 34.1 Å². The summed E-state index contributed by atoms with van der Waals surface area (Å²) >= 11 is 12.1. The monoisotopic (exact) mass is 366 g/mol. The van der Waals surface area contributed by atoms with Crippen molar-refractivity contribution >= 4 is 29.0 Å². The Labute approximate surface area is 151 Å². The third kappa shape index (κ3) is 3.74. The van der Waals surface area contributed by atoms with Crippen molar-refractivity contribution in [2.45, 2.75) is 6.42 Å². The topological polar surface area (TPSA) is 52.5 Å². The first-order valence-electron chi connectivity index (χ1n) is 7.86. The van der Waals surface area contributed by atoms with Gasteiger partial charge in [0.1, 0.15) is 5.75 Å². The molecule has 2 heterocycles. The van der Waals surface area contributed by atoms with Gasteiger partial charge in [-0.2, -0.15) is 0 Å². The summed E-state index contributed by atoms with van der Waals surface area (Å²) < 4.78 is 0. The number of benzene rings is 1. The first kappa shape index (κ1) is 17.3. The lowest BCUT2D eigenvalue weighted by Gasteiger charge is -2.19. The summed E-state index contributed by atoms with van der Waals surface area (Å²) in [5.41, 5.74) is 0.981. The van der Waals surface area contributed by atoms with E-state index in [9.17, 15) is 5.11 Å². The number of nitrogens with zero attached hydrogens (tertiary/aromatic N) is 4. The van der Waals surface area contributed by atoms with Crippen LogP contribution in [0, 0.1) is 5.92 Å². The van der Waals surface area contributed by atoms with E-state index in [0.29, 0.717) is 27.2 Å². The van der Waals surface area contributed by atoms with Crippen LogP contribution in [0.3, 0.4) is 0 Å². The Morgan fingerprint density at radius 3 is 2.67 bits per heavy atom. The van der Waals surface area contributed by atoms with Crippen LogP contribution in [-0.4, -0.2) is 53.9 Å². The normalized spacial score (nSPS) is 17.7. The molecule has 1 aromatic heterocycles. The number of hydrogen-bond acceptors (Lipinski definition) is 5. The number of rotatable bonds is 4. The van der Waals surface area contributed by atoms with Crippen LogP contribution in [0.4, 0.5) is 5.82 Å². The van der Waals surface area contributed by atoms with E-state index in [4.69, 9.17) is 23.2 Å². The van der Waals surface area contributed by atoms with E-state index < -0.39 is 0 Å². The minimum Gasteiger partial charge on any atom is -0.507 e. The molecule has 0 amide bonds. The van der Waals surface area contributed by atoms with E-state index in [1.807, 2.05) is 12.1 Å². The molecule has 3 rings (SSSR count). The smallest absolute Gasteiger partial charge is 0.151 e. The van der Waals surface area contributed by atoms with E-state index in [1.165, 1.54) is 6.07 Å². The fraction of sp³-hybridized carbons (Fsp3) is 0.412. The lowest BCUT2D eigenvalue weighted by Crippen LogP contribution is -2.26. The van der Waals surface area contributed by atoms with Crippen LogP contribution in [0.2, 0.25) is 10.0 Å². The molecule has 24 heavy (non-hydrogen) atoms. The average molecular weight is 367 g/mol. The fourth-order valence-electron chi connectivity index (χ4n) is 3.15. The summed E-state index contributed by atoms with van der Waals surface area (Å²) in [5.74, 6) is 1.50. The minimum absolute atomic E-state index is 0.00164. The maximum atomic E-state index is 10.1. The van der Waals surface area contributed by atoms with E-state index in [-0.39, 0.29) is 5.75 Å². The molecule has 0 saturated carbocycles. The second kappa shape index (κ2) is 7.13. The molecular weight excluding hydrogens is 347 g/mol. The third-order valence-corrected chi connectivity index (χ3v) is 4.69. The summed E-state index contributed by atoms with van der Waals surface area (Å²) in [4.78, 5) is 4.46. The molecule has 1 aromatic carbocycles. The van der Waals surface area contributed by atoms with Crippen LogP contribution in [0.25, 0.3) is 11.3 Å². The quantitative estimate of drug-likeness (QED) is 0.896. The summed E-state index contributed by atoms with van der Waals surface area (Å²) in [6.45, 7) is 3.05. The van der Waals surface area contributed by atoms with Gasteiger partial charge in [-0.05, 0) is 50.7 Å². The number of halogens is 2. The molecule has 1 atom stereocenters. The van der Waals surface area contributed by atoms with Gasteiger partial charge < -0.3 is 14.9 Å². The van der Waals surface area contributed by atoms with Gasteiger partial charge in [0.25, 0.3) is 0 Å². The Balaban J connectivity index is 1.77. The first-order chi connectivity index (χ1) is 11.4. The fourth-order valence-corrected chi connectivity index (χ4v) is 3.73. The van der Waals surface area contributed by atoms with Crippen LogP contribution in [-0.2, 0) is 0 Å². The average Bonchev–Trinajstić information content (AvgIpc) is 2.94. The molecule has 0 bridgehead atoms.